The average Bonchev–Trinajstić information content (AvgIpc) is 3.10. The Labute approximate surface area is 211 Å². The number of hydrogen-bond acceptors (Lipinski definition) is 3. The van der Waals surface area contributed by atoms with Crippen molar-refractivity contribution < 1.29 is 35.5 Å². The molecule has 1 heterocycles. The minimum Gasteiger partial charge on any atom is -0.306 e. The standard InChI is InChI=1S/C23H21ClF7N3OS/c1-21(8-3-9-36-2)12-34(20(35)32-14-5-7-16(18(25)11-14)23(29,30)31)33-19(21)13-4-6-15(17(24)10-13)22(26,27)28/h4-7,10-11H,3,8-9,12H2,1-2H3,(H,32,35). The first-order chi connectivity index (χ1) is 16.7. The van der Waals surface area contributed by atoms with Crippen LogP contribution in [0.5, 0.6) is 0 Å². The molecule has 0 aromatic heterocycles. The third kappa shape index (κ3) is 6.26. The lowest BCUT2D eigenvalue weighted by atomic mass is 9.78. The third-order valence-electron chi connectivity index (χ3n) is 5.68. The molecule has 0 saturated heterocycles. The van der Waals surface area contributed by atoms with Crippen molar-refractivity contribution in [2.24, 2.45) is 10.5 Å². The number of thioether (sulfide) groups is 1. The topological polar surface area (TPSA) is 44.7 Å². The Morgan fingerprint density at radius 3 is 2.31 bits per heavy atom. The molecule has 0 radical (unpaired) electrons. The van der Waals surface area contributed by atoms with E-state index in [4.69, 9.17) is 11.6 Å². The molecule has 1 N–H and O–H groups in total. The van der Waals surface area contributed by atoms with Crippen molar-refractivity contribution in [2.75, 3.05) is 23.9 Å². The summed E-state index contributed by atoms with van der Waals surface area (Å²) < 4.78 is 91.7. The van der Waals surface area contributed by atoms with E-state index in [0.29, 0.717) is 29.8 Å². The summed E-state index contributed by atoms with van der Waals surface area (Å²) in [5, 5.41) is 7.14. The molecule has 36 heavy (non-hydrogen) atoms. The molecule has 1 atom stereocenters. The summed E-state index contributed by atoms with van der Waals surface area (Å²) in [6, 6.07) is 4.36. The number of halogens is 8. The molecular weight excluding hydrogens is 535 g/mol. The van der Waals surface area contributed by atoms with Gasteiger partial charge in [0, 0.05) is 11.1 Å². The maximum absolute atomic E-state index is 13.9. The number of benzene rings is 2. The van der Waals surface area contributed by atoms with Crippen LogP contribution in [0.2, 0.25) is 5.02 Å². The first kappa shape index (κ1) is 28.1. The number of urea groups is 1. The van der Waals surface area contributed by atoms with Gasteiger partial charge in [-0.3, -0.25) is 0 Å². The highest BCUT2D eigenvalue weighted by Gasteiger charge is 2.42. The van der Waals surface area contributed by atoms with Gasteiger partial charge in [-0.05, 0) is 60.7 Å². The van der Waals surface area contributed by atoms with Gasteiger partial charge in [-0.1, -0.05) is 24.6 Å². The van der Waals surface area contributed by atoms with E-state index in [0.717, 1.165) is 35.4 Å². The minimum atomic E-state index is -4.89. The summed E-state index contributed by atoms with van der Waals surface area (Å²) in [4.78, 5) is 12.8. The Hall–Kier alpha value is -2.47. The van der Waals surface area contributed by atoms with Crippen molar-refractivity contribution in [3.8, 4) is 0 Å². The normalized spacial score (nSPS) is 18.4. The highest BCUT2D eigenvalue weighted by Crippen LogP contribution is 2.40. The number of hydrogen-bond donors (Lipinski definition) is 1. The summed E-state index contributed by atoms with van der Waals surface area (Å²) in [5.41, 5.74) is -2.79. The quantitative estimate of drug-likeness (QED) is 0.291. The molecule has 13 heteroatoms. The molecule has 0 aliphatic carbocycles. The predicted octanol–water partition coefficient (Wildman–Crippen LogP) is 7.92. The van der Waals surface area contributed by atoms with Gasteiger partial charge in [0.05, 0.1) is 28.4 Å². The maximum Gasteiger partial charge on any atom is 0.419 e. The van der Waals surface area contributed by atoms with E-state index < -0.39 is 45.8 Å². The molecule has 0 fully saturated rings. The van der Waals surface area contributed by atoms with Crippen LogP contribution in [0.15, 0.2) is 41.5 Å². The fourth-order valence-corrected chi connectivity index (χ4v) is 4.63. The lowest BCUT2D eigenvalue weighted by Crippen LogP contribution is -2.36. The third-order valence-corrected chi connectivity index (χ3v) is 6.69. The monoisotopic (exact) mass is 555 g/mol. The maximum atomic E-state index is 13.9. The summed E-state index contributed by atoms with van der Waals surface area (Å²) >= 11 is 7.50. The lowest BCUT2D eigenvalue weighted by Gasteiger charge is -2.26. The minimum absolute atomic E-state index is 0.0459. The largest absolute Gasteiger partial charge is 0.419 e. The second-order valence-corrected chi connectivity index (χ2v) is 9.87. The molecule has 2 aromatic rings. The van der Waals surface area contributed by atoms with Gasteiger partial charge in [0.1, 0.15) is 5.82 Å². The number of nitrogens with one attached hydrogen (secondary N) is 1. The summed E-state index contributed by atoms with van der Waals surface area (Å²) in [6.45, 7) is 1.85. The Bertz CT molecular complexity index is 1170. The predicted molar refractivity (Wildman–Crippen MR) is 126 cm³/mol. The van der Waals surface area contributed by atoms with Crippen molar-refractivity contribution in [3.63, 3.8) is 0 Å². The molecule has 1 aliphatic heterocycles. The highest BCUT2D eigenvalue weighted by atomic mass is 35.5. The Balaban J connectivity index is 1.90. The second-order valence-electron chi connectivity index (χ2n) is 8.48. The zero-order chi connectivity index (χ0) is 26.9. The van der Waals surface area contributed by atoms with Crippen LogP contribution in [0.25, 0.3) is 0 Å². The van der Waals surface area contributed by atoms with Gasteiger partial charge in [0.15, 0.2) is 0 Å². The molecule has 1 unspecified atom stereocenters. The first-order valence-electron chi connectivity index (χ1n) is 10.6. The van der Waals surface area contributed by atoms with Crippen molar-refractivity contribution in [1.82, 2.24) is 5.01 Å². The van der Waals surface area contributed by atoms with Gasteiger partial charge in [-0.2, -0.15) is 43.2 Å². The molecule has 0 bridgehead atoms. The fourth-order valence-electron chi connectivity index (χ4n) is 3.91. The van der Waals surface area contributed by atoms with Gasteiger partial charge in [-0.15, -0.1) is 0 Å². The smallest absolute Gasteiger partial charge is 0.306 e. The average molecular weight is 556 g/mol. The van der Waals surface area contributed by atoms with E-state index in [9.17, 15) is 35.5 Å². The van der Waals surface area contributed by atoms with Crippen LogP contribution >= 0.6 is 23.4 Å². The van der Waals surface area contributed by atoms with Gasteiger partial charge >= 0.3 is 18.4 Å². The Kier molecular flexibility index (Phi) is 8.19. The number of anilines is 1. The van der Waals surface area contributed by atoms with Crippen LogP contribution in [0.1, 0.15) is 36.5 Å². The number of alkyl halides is 6. The molecule has 4 nitrogen and oxygen atoms in total. The van der Waals surface area contributed by atoms with Crippen LogP contribution in [-0.4, -0.2) is 35.3 Å². The molecule has 3 rings (SSSR count). The van der Waals surface area contributed by atoms with E-state index in [2.05, 4.69) is 10.4 Å². The molecule has 2 aromatic carbocycles. The van der Waals surface area contributed by atoms with Crippen molar-refractivity contribution in [2.45, 2.75) is 32.1 Å². The Morgan fingerprint density at radius 2 is 1.75 bits per heavy atom. The second kappa shape index (κ2) is 10.5. The van der Waals surface area contributed by atoms with Crippen LogP contribution in [0.4, 0.5) is 41.2 Å². The Morgan fingerprint density at radius 1 is 1.11 bits per heavy atom. The van der Waals surface area contributed by atoms with Crippen molar-refractivity contribution >= 4 is 40.8 Å². The zero-order valence-corrected chi connectivity index (χ0v) is 20.6. The molecule has 0 spiro atoms. The van der Waals surface area contributed by atoms with Crippen LogP contribution in [-0.2, 0) is 12.4 Å². The van der Waals surface area contributed by atoms with Gasteiger partial charge in [0.25, 0.3) is 0 Å². The summed E-state index contributed by atoms with van der Waals surface area (Å²) in [6.07, 6.45) is -6.33. The zero-order valence-electron chi connectivity index (χ0n) is 19.0. The number of rotatable bonds is 6. The number of nitrogens with zero attached hydrogens (tertiary/aromatic N) is 2. The van der Waals surface area contributed by atoms with Crippen LogP contribution < -0.4 is 5.32 Å². The fraction of sp³-hybridized carbons (Fsp3) is 0.391. The highest BCUT2D eigenvalue weighted by molar-refractivity contribution is 7.98. The molecule has 2 amide bonds. The van der Waals surface area contributed by atoms with Gasteiger partial charge in [-0.25, -0.2) is 14.2 Å². The number of carbonyl (C=O) groups excluding carboxylic acids is 1. The molecule has 1 aliphatic rings. The van der Waals surface area contributed by atoms with E-state index in [1.54, 1.807) is 11.8 Å². The number of hydrazone groups is 1. The van der Waals surface area contributed by atoms with E-state index in [-0.39, 0.29) is 12.2 Å². The van der Waals surface area contributed by atoms with Crippen molar-refractivity contribution in [1.29, 1.82) is 0 Å². The first-order valence-corrected chi connectivity index (χ1v) is 12.3. The van der Waals surface area contributed by atoms with E-state index in [1.165, 1.54) is 6.07 Å². The summed E-state index contributed by atoms with van der Waals surface area (Å²) in [5.74, 6) is -0.750. The molecular formula is C23H21ClF7N3OS. The molecule has 0 saturated carbocycles. The van der Waals surface area contributed by atoms with E-state index >= 15 is 0 Å². The lowest BCUT2D eigenvalue weighted by molar-refractivity contribution is -0.140. The van der Waals surface area contributed by atoms with E-state index in [1.807, 2.05) is 13.2 Å². The van der Waals surface area contributed by atoms with Crippen LogP contribution in [0, 0.1) is 11.2 Å². The number of carbonyl (C=O) groups is 1. The van der Waals surface area contributed by atoms with Crippen LogP contribution in [0.3, 0.4) is 0 Å². The van der Waals surface area contributed by atoms with Gasteiger partial charge in [0.2, 0.25) is 0 Å². The number of amides is 2. The molecule has 196 valence electrons. The summed E-state index contributed by atoms with van der Waals surface area (Å²) in [7, 11) is 0. The van der Waals surface area contributed by atoms with Crippen molar-refractivity contribution in [3.05, 3.63) is 63.9 Å². The van der Waals surface area contributed by atoms with Gasteiger partial charge < -0.3 is 5.32 Å². The SMILES string of the molecule is CSCCCC1(C)CN(C(=O)Nc2ccc(C(F)(F)F)c(F)c2)N=C1c1ccc(C(F)(F)F)c(Cl)c1.